The summed E-state index contributed by atoms with van der Waals surface area (Å²) in [6.45, 7) is 11.3. The van der Waals surface area contributed by atoms with Gasteiger partial charge in [0.1, 0.15) is 11.4 Å². The average molecular weight is 628 g/mol. The number of benzene rings is 2. The molecule has 2 aliphatic heterocycles. The molecule has 0 saturated carbocycles. The van der Waals surface area contributed by atoms with Gasteiger partial charge in [-0.2, -0.15) is 0 Å². The maximum Gasteiger partial charge on any atom is 0.410 e. The van der Waals surface area contributed by atoms with Gasteiger partial charge in [-0.25, -0.2) is 9.78 Å². The lowest BCUT2D eigenvalue weighted by Crippen LogP contribution is -2.41. The van der Waals surface area contributed by atoms with Gasteiger partial charge in [0.15, 0.2) is 0 Å². The SMILES string of the molecule is C[C@H]1CCCN1Cc1nc2ccc(NC(=O)c3ccc(-c4nnc(CCCC5CCN(C(=O)OC(C)(C)C)CC5)o4)cc3)cc2[nH]1. The van der Waals surface area contributed by atoms with Crippen LogP contribution in [0, 0.1) is 5.92 Å². The van der Waals surface area contributed by atoms with Crippen molar-refractivity contribution >= 4 is 28.7 Å². The molecule has 2 aromatic heterocycles. The van der Waals surface area contributed by atoms with Crippen LogP contribution in [0.1, 0.15) is 88.3 Å². The van der Waals surface area contributed by atoms with Crippen LogP contribution in [-0.2, 0) is 17.7 Å². The van der Waals surface area contributed by atoms with Gasteiger partial charge in [0, 0.05) is 42.4 Å². The Morgan fingerprint density at radius 3 is 2.54 bits per heavy atom. The van der Waals surface area contributed by atoms with E-state index >= 15 is 0 Å². The number of nitrogens with one attached hydrogen (secondary N) is 2. The molecule has 2 saturated heterocycles. The van der Waals surface area contributed by atoms with E-state index in [0.717, 1.165) is 74.3 Å². The Balaban J connectivity index is 0.964. The van der Waals surface area contributed by atoms with Gasteiger partial charge in [-0.3, -0.25) is 9.69 Å². The van der Waals surface area contributed by atoms with Crippen molar-refractivity contribution in [2.75, 3.05) is 25.0 Å². The van der Waals surface area contributed by atoms with Crippen molar-refractivity contribution in [1.29, 1.82) is 0 Å². The highest BCUT2D eigenvalue weighted by molar-refractivity contribution is 6.05. The van der Waals surface area contributed by atoms with Gasteiger partial charge >= 0.3 is 6.09 Å². The van der Waals surface area contributed by atoms with E-state index in [-0.39, 0.29) is 12.0 Å². The number of likely N-dealkylation sites (tertiary alicyclic amines) is 2. The molecule has 11 nitrogen and oxygen atoms in total. The quantitative estimate of drug-likeness (QED) is 0.207. The minimum atomic E-state index is -0.471. The molecule has 0 unspecified atom stereocenters. The molecule has 0 radical (unpaired) electrons. The normalized spacial score (nSPS) is 17.9. The average Bonchev–Trinajstić information content (AvgIpc) is 3.77. The van der Waals surface area contributed by atoms with Crippen molar-refractivity contribution in [3.63, 3.8) is 0 Å². The first kappa shape index (κ1) is 31.7. The summed E-state index contributed by atoms with van der Waals surface area (Å²) >= 11 is 0. The van der Waals surface area contributed by atoms with Crippen LogP contribution < -0.4 is 5.32 Å². The molecular formula is C35H45N7O4. The Morgan fingerprint density at radius 1 is 1.04 bits per heavy atom. The van der Waals surface area contributed by atoms with Crippen molar-refractivity contribution in [3.8, 4) is 11.5 Å². The summed E-state index contributed by atoms with van der Waals surface area (Å²) < 4.78 is 11.4. The summed E-state index contributed by atoms with van der Waals surface area (Å²) in [5.74, 6) is 2.37. The number of hydrogen-bond donors (Lipinski definition) is 2. The second-order valence-electron chi connectivity index (χ2n) is 13.7. The van der Waals surface area contributed by atoms with Gasteiger partial charge in [-0.1, -0.05) is 0 Å². The Bertz CT molecular complexity index is 1650. The van der Waals surface area contributed by atoms with Crippen molar-refractivity contribution in [1.82, 2.24) is 30.0 Å². The van der Waals surface area contributed by atoms with Crippen LogP contribution in [0.2, 0.25) is 0 Å². The lowest BCUT2D eigenvalue weighted by atomic mass is 9.92. The number of anilines is 1. The van der Waals surface area contributed by atoms with Gasteiger partial charge in [0.2, 0.25) is 11.8 Å². The molecule has 4 heterocycles. The Morgan fingerprint density at radius 2 is 1.83 bits per heavy atom. The molecule has 6 rings (SSSR count). The first-order valence-electron chi connectivity index (χ1n) is 16.5. The predicted molar refractivity (Wildman–Crippen MR) is 176 cm³/mol. The van der Waals surface area contributed by atoms with Crippen molar-refractivity contribution in [2.45, 2.75) is 90.8 Å². The van der Waals surface area contributed by atoms with Gasteiger partial charge < -0.3 is 24.4 Å². The number of imidazole rings is 1. The highest BCUT2D eigenvalue weighted by Crippen LogP contribution is 2.26. The molecule has 244 valence electrons. The summed E-state index contributed by atoms with van der Waals surface area (Å²) in [7, 11) is 0. The zero-order chi connectivity index (χ0) is 32.3. The summed E-state index contributed by atoms with van der Waals surface area (Å²) in [5, 5.41) is 11.5. The predicted octanol–water partition coefficient (Wildman–Crippen LogP) is 6.82. The molecule has 2 N–H and O–H groups in total. The molecule has 46 heavy (non-hydrogen) atoms. The van der Waals surface area contributed by atoms with Gasteiger partial charge in [-0.05, 0) is 121 Å². The zero-order valence-electron chi connectivity index (χ0n) is 27.3. The zero-order valence-corrected chi connectivity index (χ0v) is 27.3. The van der Waals surface area contributed by atoms with Crippen LogP contribution in [-0.4, -0.2) is 73.2 Å². The first-order valence-corrected chi connectivity index (χ1v) is 16.5. The molecule has 2 fully saturated rings. The lowest BCUT2D eigenvalue weighted by molar-refractivity contribution is 0.0180. The minimum absolute atomic E-state index is 0.195. The van der Waals surface area contributed by atoms with E-state index in [1.165, 1.54) is 12.8 Å². The second kappa shape index (κ2) is 13.6. The number of piperidine rings is 1. The minimum Gasteiger partial charge on any atom is -0.444 e. The Hall–Kier alpha value is -4.25. The highest BCUT2D eigenvalue weighted by atomic mass is 16.6. The molecule has 1 atom stereocenters. The largest absolute Gasteiger partial charge is 0.444 e. The summed E-state index contributed by atoms with van der Waals surface area (Å²) in [4.78, 5) is 37.7. The van der Waals surface area contributed by atoms with Crippen molar-refractivity contribution in [3.05, 3.63) is 59.7 Å². The van der Waals surface area contributed by atoms with Gasteiger partial charge in [0.05, 0.1) is 17.6 Å². The van der Waals surface area contributed by atoms with Crippen LogP contribution in [0.25, 0.3) is 22.5 Å². The number of nitrogens with zero attached hydrogens (tertiary/aromatic N) is 5. The van der Waals surface area contributed by atoms with Crippen molar-refractivity contribution < 1.29 is 18.7 Å². The highest BCUT2D eigenvalue weighted by Gasteiger charge is 2.27. The standard InChI is InChI=1S/C35H45N7O4/c1-23-7-6-18-42(23)22-30-37-28-15-14-27(21-29(28)38-30)36-32(43)25-10-12-26(13-11-25)33-40-39-31(45-33)9-5-8-24-16-19-41(20-17-24)34(44)46-35(2,3)4/h10-15,21,23-24H,5-9,16-20,22H2,1-4H3,(H,36,43)(H,37,38)/t23-/m0/s1. The molecule has 0 aliphatic carbocycles. The third-order valence-electron chi connectivity index (χ3n) is 8.96. The molecular weight excluding hydrogens is 582 g/mol. The third kappa shape index (κ3) is 7.93. The molecule has 11 heteroatoms. The van der Waals surface area contributed by atoms with E-state index in [4.69, 9.17) is 14.1 Å². The van der Waals surface area contributed by atoms with E-state index in [2.05, 4.69) is 32.3 Å². The number of hydrogen-bond acceptors (Lipinski definition) is 8. The molecule has 0 bridgehead atoms. The smallest absolute Gasteiger partial charge is 0.410 e. The first-order chi connectivity index (χ1) is 22.1. The van der Waals surface area contributed by atoms with Gasteiger partial charge in [-0.15, -0.1) is 10.2 Å². The van der Waals surface area contributed by atoms with Crippen LogP contribution >= 0.6 is 0 Å². The lowest BCUT2D eigenvalue weighted by Gasteiger charge is -2.33. The van der Waals surface area contributed by atoms with Crippen LogP contribution in [0.5, 0.6) is 0 Å². The molecule has 0 spiro atoms. The Kier molecular flexibility index (Phi) is 9.39. The summed E-state index contributed by atoms with van der Waals surface area (Å²) in [5.41, 5.74) is 3.34. The Labute approximate surface area is 270 Å². The van der Waals surface area contributed by atoms with E-state index in [9.17, 15) is 9.59 Å². The second-order valence-corrected chi connectivity index (χ2v) is 13.7. The van der Waals surface area contributed by atoms with E-state index in [1.54, 1.807) is 12.1 Å². The van der Waals surface area contributed by atoms with E-state index < -0.39 is 5.60 Å². The van der Waals surface area contributed by atoms with Crippen LogP contribution in [0.4, 0.5) is 10.5 Å². The number of aromatic amines is 1. The number of amides is 2. The number of aromatic nitrogens is 4. The third-order valence-corrected chi connectivity index (χ3v) is 8.96. The number of rotatable bonds is 9. The van der Waals surface area contributed by atoms with Crippen molar-refractivity contribution in [2.24, 2.45) is 5.92 Å². The number of aryl methyl sites for hydroxylation is 1. The number of H-pyrrole nitrogens is 1. The van der Waals surface area contributed by atoms with E-state index in [1.807, 2.05) is 56.0 Å². The van der Waals surface area contributed by atoms with Gasteiger partial charge in [0.25, 0.3) is 5.91 Å². The summed E-state index contributed by atoms with van der Waals surface area (Å²) in [6, 6.07) is 13.5. The van der Waals surface area contributed by atoms with Crippen LogP contribution in [0.15, 0.2) is 46.9 Å². The number of ether oxygens (including phenoxy) is 1. The number of fused-ring (bicyclic) bond motifs is 1. The maximum atomic E-state index is 13.0. The van der Waals surface area contributed by atoms with Crippen LogP contribution in [0.3, 0.4) is 0 Å². The monoisotopic (exact) mass is 627 g/mol. The summed E-state index contributed by atoms with van der Waals surface area (Å²) in [6.07, 6.45) is 6.90. The topological polar surface area (TPSA) is 129 Å². The maximum absolute atomic E-state index is 13.0. The fourth-order valence-electron chi connectivity index (χ4n) is 6.35. The molecule has 2 amide bonds. The molecule has 2 aromatic carbocycles. The fraction of sp³-hybridized carbons (Fsp3) is 0.514. The molecule has 2 aliphatic rings. The molecule has 4 aromatic rings. The fourth-order valence-corrected chi connectivity index (χ4v) is 6.35. The van der Waals surface area contributed by atoms with E-state index in [0.29, 0.717) is 41.4 Å². The number of carbonyl (C=O) groups is 2. The number of carbonyl (C=O) groups excluding carboxylic acids is 2.